The van der Waals surface area contributed by atoms with Crippen LogP contribution in [0.2, 0.25) is 0 Å². The van der Waals surface area contributed by atoms with Crippen molar-refractivity contribution in [3.05, 3.63) is 58.4 Å². The Morgan fingerprint density at radius 2 is 1.58 bits per heavy atom. The summed E-state index contributed by atoms with van der Waals surface area (Å²) in [6, 6.07) is 10.9. The molecule has 1 aromatic heterocycles. The van der Waals surface area contributed by atoms with Crippen molar-refractivity contribution < 1.29 is 37.7 Å². The predicted octanol–water partition coefficient (Wildman–Crippen LogP) is 3.61. The molecule has 0 radical (unpaired) electrons. The molecule has 0 amide bonds. The fourth-order valence-corrected chi connectivity index (χ4v) is 2.70. The van der Waals surface area contributed by atoms with Gasteiger partial charge in [-0.2, -0.15) is 0 Å². The van der Waals surface area contributed by atoms with Crippen LogP contribution in [0.3, 0.4) is 0 Å². The molecule has 0 spiro atoms. The van der Waals surface area contributed by atoms with Gasteiger partial charge in [-0.15, -0.1) is 0 Å². The smallest absolute Gasteiger partial charge is 0.378 e. The molecule has 0 saturated carbocycles. The standard InChI is InChI=1S/C22H18O9/c1-4-27-22(26)21-20(30-14-8-6-5-7-9-14)17(25)15-10-11-16(28-12(2)23)19(18(15)31-21)29-13(3)24/h5-11H,4H2,1-3H3. The van der Waals surface area contributed by atoms with Gasteiger partial charge in [0.2, 0.25) is 16.9 Å². The van der Waals surface area contributed by atoms with Crippen LogP contribution in [0.15, 0.2) is 51.7 Å². The lowest BCUT2D eigenvalue weighted by Gasteiger charge is -2.14. The van der Waals surface area contributed by atoms with Crippen molar-refractivity contribution in [2.24, 2.45) is 0 Å². The molecule has 0 unspecified atom stereocenters. The average Bonchev–Trinajstić information content (AvgIpc) is 2.72. The molecule has 0 atom stereocenters. The first-order valence-corrected chi connectivity index (χ1v) is 9.22. The molecule has 0 saturated heterocycles. The van der Waals surface area contributed by atoms with Crippen LogP contribution in [0.4, 0.5) is 0 Å². The number of ether oxygens (including phenoxy) is 4. The molecule has 3 aromatic rings. The Labute approximate surface area is 176 Å². The second-order valence-electron chi connectivity index (χ2n) is 6.18. The lowest BCUT2D eigenvalue weighted by molar-refractivity contribution is -0.134. The largest absolute Gasteiger partial charge is 0.460 e. The molecule has 2 aromatic carbocycles. The van der Waals surface area contributed by atoms with Gasteiger partial charge in [-0.1, -0.05) is 18.2 Å². The summed E-state index contributed by atoms with van der Waals surface area (Å²) in [5, 5.41) is -0.0638. The number of carbonyl (C=O) groups excluding carboxylic acids is 3. The molecule has 0 bridgehead atoms. The molecule has 31 heavy (non-hydrogen) atoms. The van der Waals surface area contributed by atoms with Crippen molar-refractivity contribution in [1.82, 2.24) is 0 Å². The van der Waals surface area contributed by atoms with E-state index in [0.717, 1.165) is 13.8 Å². The number of para-hydroxylation sites is 1. The second-order valence-corrected chi connectivity index (χ2v) is 6.18. The van der Waals surface area contributed by atoms with Crippen molar-refractivity contribution in [2.75, 3.05) is 6.61 Å². The van der Waals surface area contributed by atoms with Crippen molar-refractivity contribution in [3.8, 4) is 23.0 Å². The zero-order chi connectivity index (χ0) is 22.5. The van der Waals surface area contributed by atoms with Crippen LogP contribution in [0.5, 0.6) is 23.0 Å². The number of esters is 3. The van der Waals surface area contributed by atoms with Gasteiger partial charge in [-0.05, 0) is 31.2 Å². The summed E-state index contributed by atoms with van der Waals surface area (Å²) in [7, 11) is 0. The van der Waals surface area contributed by atoms with Crippen LogP contribution >= 0.6 is 0 Å². The van der Waals surface area contributed by atoms with Crippen molar-refractivity contribution in [1.29, 1.82) is 0 Å². The Balaban J connectivity index is 2.31. The highest BCUT2D eigenvalue weighted by Crippen LogP contribution is 2.38. The third-order valence-electron chi connectivity index (χ3n) is 3.86. The maximum atomic E-state index is 13.2. The number of fused-ring (bicyclic) bond motifs is 1. The number of hydrogen-bond acceptors (Lipinski definition) is 9. The van der Waals surface area contributed by atoms with Gasteiger partial charge in [0.15, 0.2) is 11.3 Å². The van der Waals surface area contributed by atoms with Gasteiger partial charge in [0.25, 0.3) is 5.76 Å². The summed E-state index contributed by atoms with van der Waals surface area (Å²) in [5.41, 5.74) is -0.988. The van der Waals surface area contributed by atoms with Crippen LogP contribution in [-0.2, 0) is 14.3 Å². The quantitative estimate of drug-likeness (QED) is 0.430. The lowest BCUT2D eigenvalue weighted by atomic mass is 10.1. The highest BCUT2D eigenvalue weighted by atomic mass is 16.6. The Kier molecular flexibility index (Phi) is 6.35. The van der Waals surface area contributed by atoms with E-state index in [1.807, 2.05) is 0 Å². The highest BCUT2D eigenvalue weighted by molar-refractivity contribution is 5.95. The van der Waals surface area contributed by atoms with Crippen LogP contribution < -0.4 is 19.6 Å². The van der Waals surface area contributed by atoms with Crippen LogP contribution in [0.1, 0.15) is 31.3 Å². The normalized spacial score (nSPS) is 10.4. The van der Waals surface area contributed by atoms with E-state index in [9.17, 15) is 19.2 Å². The predicted molar refractivity (Wildman–Crippen MR) is 108 cm³/mol. The third-order valence-corrected chi connectivity index (χ3v) is 3.86. The summed E-state index contributed by atoms with van der Waals surface area (Å²) in [6.07, 6.45) is 0. The molecule has 3 rings (SSSR count). The van der Waals surface area contributed by atoms with Crippen LogP contribution in [0.25, 0.3) is 11.0 Å². The molecule has 0 aliphatic carbocycles. The van der Waals surface area contributed by atoms with Gasteiger partial charge in [-0.25, -0.2) is 4.79 Å². The van der Waals surface area contributed by atoms with E-state index in [1.54, 1.807) is 37.3 Å². The number of benzene rings is 2. The molecule has 0 aliphatic heterocycles. The van der Waals surface area contributed by atoms with E-state index in [2.05, 4.69) is 0 Å². The average molecular weight is 426 g/mol. The van der Waals surface area contributed by atoms with Crippen LogP contribution in [0, 0.1) is 0 Å². The summed E-state index contributed by atoms with van der Waals surface area (Å²) in [4.78, 5) is 48.7. The summed E-state index contributed by atoms with van der Waals surface area (Å²) in [6.45, 7) is 3.86. The maximum absolute atomic E-state index is 13.2. The molecule has 9 nitrogen and oxygen atoms in total. The lowest BCUT2D eigenvalue weighted by Crippen LogP contribution is -2.15. The minimum absolute atomic E-state index is 0.00957. The van der Waals surface area contributed by atoms with Gasteiger partial charge >= 0.3 is 17.9 Å². The van der Waals surface area contributed by atoms with E-state index in [1.165, 1.54) is 12.1 Å². The molecule has 0 N–H and O–H groups in total. The minimum atomic E-state index is -0.959. The van der Waals surface area contributed by atoms with Gasteiger partial charge in [0.1, 0.15) is 5.75 Å². The summed E-state index contributed by atoms with van der Waals surface area (Å²) < 4.78 is 26.4. The first kappa shape index (κ1) is 21.6. The molecular formula is C22H18O9. The van der Waals surface area contributed by atoms with E-state index in [-0.39, 0.29) is 34.8 Å². The van der Waals surface area contributed by atoms with Gasteiger partial charge in [0.05, 0.1) is 12.0 Å². The molecule has 9 heteroatoms. The molecule has 0 aliphatic rings. The fraction of sp³-hybridized carbons (Fsp3) is 0.182. The van der Waals surface area contributed by atoms with Crippen molar-refractivity contribution in [2.45, 2.75) is 20.8 Å². The summed E-state index contributed by atoms with van der Waals surface area (Å²) >= 11 is 0. The Hall–Kier alpha value is -4.14. The SMILES string of the molecule is CCOC(=O)c1oc2c(OC(C)=O)c(OC(C)=O)ccc2c(=O)c1Oc1ccccc1. The number of hydrogen-bond donors (Lipinski definition) is 0. The van der Waals surface area contributed by atoms with Crippen molar-refractivity contribution in [3.63, 3.8) is 0 Å². The molecule has 160 valence electrons. The zero-order valence-electron chi connectivity index (χ0n) is 16.9. The monoisotopic (exact) mass is 426 g/mol. The van der Waals surface area contributed by atoms with Gasteiger partial charge in [-0.3, -0.25) is 14.4 Å². The molecule has 1 heterocycles. The number of carbonyl (C=O) groups is 3. The van der Waals surface area contributed by atoms with E-state index in [4.69, 9.17) is 23.4 Å². The first-order valence-electron chi connectivity index (χ1n) is 9.22. The van der Waals surface area contributed by atoms with Gasteiger partial charge in [0, 0.05) is 13.8 Å². The van der Waals surface area contributed by atoms with Crippen molar-refractivity contribution >= 4 is 28.9 Å². The highest BCUT2D eigenvalue weighted by Gasteiger charge is 2.27. The second kappa shape index (κ2) is 9.12. The first-order chi connectivity index (χ1) is 14.8. The zero-order valence-corrected chi connectivity index (χ0v) is 16.9. The molecular weight excluding hydrogens is 408 g/mol. The number of rotatable bonds is 6. The minimum Gasteiger partial charge on any atom is -0.460 e. The Morgan fingerprint density at radius 3 is 2.19 bits per heavy atom. The molecule has 0 fully saturated rings. The van der Waals surface area contributed by atoms with E-state index >= 15 is 0 Å². The summed E-state index contributed by atoms with van der Waals surface area (Å²) in [5.74, 6) is -3.53. The van der Waals surface area contributed by atoms with E-state index in [0.29, 0.717) is 0 Å². The van der Waals surface area contributed by atoms with Gasteiger partial charge < -0.3 is 23.4 Å². The van der Waals surface area contributed by atoms with E-state index < -0.39 is 34.8 Å². The Bertz CT molecular complexity index is 1210. The third kappa shape index (κ3) is 4.72. The maximum Gasteiger partial charge on any atom is 0.378 e. The van der Waals surface area contributed by atoms with Crippen LogP contribution in [-0.4, -0.2) is 24.5 Å². The topological polar surface area (TPSA) is 118 Å². The fourth-order valence-electron chi connectivity index (χ4n) is 2.70. The Morgan fingerprint density at radius 1 is 0.903 bits per heavy atom.